The molecule has 3 atom stereocenters. The van der Waals surface area contributed by atoms with Gasteiger partial charge < -0.3 is 25.2 Å². The number of ketones is 1. The lowest BCUT2D eigenvalue weighted by atomic mass is 9.92. The average Bonchev–Trinajstić information content (AvgIpc) is 3.63. The number of alkyl carbamates (subject to hydrolysis) is 1. The minimum absolute atomic E-state index is 0.0457. The molecule has 6 rings (SSSR count). The minimum atomic E-state index is -0.544. The maximum Gasteiger partial charge on any atom is 0.407 e. The normalized spacial score (nSPS) is 20.7. The molecule has 0 aliphatic carbocycles. The van der Waals surface area contributed by atoms with Crippen LogP contribution in [0.1, 0.15) is 64.3 Å². The molecule has 45 heavy (non-hydrogen) atoms. The Morgan fingerprint density at radius 1 is 0.867 bits per heavy atom. The molecule has 3 amide bonds. The second-order valence-corrected chi connectivity index (χ2v) is 11.8. The van der Waals surface area contributed by atoms with E-state index in [-0.39, 0.29) is 31.4 Å². The summed E-state index contributed by atoms with van der Waals surface area (Å²) >= 11 is 0. The van der Waals surface area contributed by atoms with Crippen molar-refractivity contribution < 1.29 is 23.9 Å². The lowest BCUT2D eigenvalue weighted by molar-refractivity contribution is -0.130. The molecule has 9 nitrogen and oxygen atoms in total. The van der Waals surface area contributed by atoms with Gasteiger partial charge in [0.15, 0.2) is 5.78 Å². The molecule has 236 valence electrons. The highest BCUT2D eigenvalue weighted by Gasteiger charge is 2.40. The minimum Gasteiger partial charge on any atom is -0.445 e. The topological polar surface area (TPSA) is 108 Å². The fourth-order valence-electron chi connectivity index (χ4n) is 6.49. The van der Waals surface area contributed by atoms with Gasteiger partial charge in [0.25, 0.3) is 0 Å². The Morgan fingerprint density at radius 3 is 2.31 bits per heavy atom. The number of likely N-dealkylation sites (tertiary alicyclic amines) is 1. The molecule has 0 saturated carbocycles. The molecule has 3 aliphatic heterocycles. The number of hydrogen-bond acceptors (Lipinski definition) is 6. The SMILES string of the molecule is Cc1ccccc1C(=O)C1CCC(=O)N1CCNC(=O)OCc1ccccc1.Cc1ccccc1C1NCCN2C(=O)CCC12. The Bertz CT molecular complexity index is 1510. The van der Waals surface area contributed by atoms with Gasteiger partial charge in [-0.2, -0.15) is 0 Å². The molecule has 0 radical (unpaired) electrons. The predicted molar refractivity (Wildman–Crippen MR) is 172 cm³/mol. The summed E-state index contributed by atoms with van der Waals surface area (Å²) in [5, 5.41) is 6.22. The molecule has 3 aromatic carbocycles. The van der Waals surface area contributed by atoms with Crippen molar-refractivity contribution in [2.24, 2.45) is 0 Å². The first-order valence-corrected chi connectivity index (χ1v) is 15.8. The van der Waals surface area contributed by atoms with Gasteiger partial charge in [0, 0.05) is 44.6 Å². The van der Waals surface area contributed by atoms with Gasteiger partial charge in [0.05, 0.1) is 18.1 Å². The van der Waals surface area contributed by atoms with Crippen LogP contribution in [0.3, 0.4) is 0 Å². The van der Waals surface area contributed by atoms with E-state index in [1.165, 1.54) is 11.1 Å². The Hall–Kier alpha value is -4.50. The summed E-state index contributed by atoms with van der Waals surface area (Å²) in [6, 6.07) is 25.5. The van der Waals surface area contributed by atoms with Crippen LogP contribution >= 0.6 is 0 Å². The monoisotopic (exact) mass is 610 g/mol. The van der Waals surface area contributed by atoms with Crippen LogP contribution in [0.5, 0.6) is 0 Å². The first-order valence-electron chi connectivity index (χ1n) is 15.8. The number of nitrogens with zero attached hydrogens (tertiary/aromatic N) is 2. The summed E-state index contributed by atoms with van der Waals surface area (Å²) < 4.78 is 5.16. The van der Waals surface area contributed by atoms with Crippen molar-refractivity contribution in [3.05, 3.63) is 107 Å². The molecule has 3 aromatic rings. The number of piperazine rings is 1. The number of fused-ring (bicyclic) bond motifs is 1. The standard InChI is InChI=1S/C22H24N2O4.C14H18N2O/c1-16-7-5-6-10-18(16)21(26)19-11-12-20(25)24(19)14-13-23-22(27)28-15-17-8-3-2-4-9-17;1-10-4-2-3-5-11(10)14-12-6-7-13(17)16(12)9-8-15-14/h2-10,19H,11-15H2,1H3,(H,23,27);2-5,12,14-15H,6-9H2,1H3. The molecular weight excluding hydrogens is 568 g/mol. The zero-order valence-electron chi connectivity index (χ0n) is 26.0. The van der Waals surface area contributed by atoms with Crippen molar-refractivity contribution in [2.45, 2.75) is 64.3 Å². The Kier molecular flexibility index (Phi) is 10.6. The number of hydrogen-bond donors (Lipinski definition) is 2. The lowest BCUT2D eigenvalue weighted by Gasteiger charge is -2.38. The number of rotatable bonds is 8. The maximum absolute atomic E-state index is 12.9. The highest BCUT2D eigenvalue weighted by molar-refractivity contribution is 6.04. The van der Waals surface area contributed by atoms with Crippen molar-refractivity contribution in [1.29, 1.82) is 0 Å². The smallest absolute Gasteiger partial charge is 0.407 e. The molecule has 3 heterocycles. The molecule has 9 heteroatoms. The molecule has 0 bridgehead atoms. The third-order valence-electron chi connectivity index (χ3n) is 8.88. The van der Waals surface area contributed by atoms with Crippen LogP contribution in [0.4, 0.5) is 4.79 Å². The number of amides is 3. The van der Waals surface area contributed by atoms with Gasteiger partial charge in [-0.15, -0.1) is 0 Å². The van der Waals surface area contributed by atoms with Crippen LogP contribution in [0.25, 0.3) is 0 Å². The molecule has 3 unspecified atom stereocenters. The van der Waals surface area contributed by atoms with E-state index in [1.807, 2.05) is 55.5 Å². The number of aryl methyl sites for hydroxylation is 2. The first-order chi connectivity index (χ1) is 21.8. The van der Waals surface area contributed by atoms with Crippen molar-refractivity contribution in [3.8, 4) is 0 Å². The van der Waals surface area contributed by atoms with Gasteiger partial charge in [-0.3, -0.25) is 14.4 Å². The molecule has 2 N–H and O–H groups in total. The van der Waals surface area contributed by atoms with Crippen molar-refractivity contribution in [2.75, 3.05) is 26.2 Å². The van der Waals surface area contributed by atoms with Gasteiger partial charge >= 0.3 is 6.09 Å². The van der Waals surface area contributed by atoms with Gasteiger partial charge in [-0.1, -0.05) is 78.9 Å². The second-order valence-electron chi connectivity index (χ2n) is 11.8. The number of nitrogens with one attached hydrogen (secondary N) is 2. The average molecular weight is 611 g/mol. The third kappa shape index (κ3) is 7.78. The van der Waals surface area contributed by atoms with Crippen LogP contribution in [0.2, 0.25) is 0 Å². The molecule has 0 aromatic heterocycles. The van der Waals surface area contributed by atoms with E-state index in [1.54, 1.807) is 11.0 Å². The molecule has 3 fully saturated rings. The van der Waals surface area contributed by atoms with Crippen LogP contribution in [0, 0.1) is 13.8 Å². The third-order valence-corrected chi connectivity index (χ3v) is 8.88. The summed E-state index contributed by atoms with van der Waals surface area (Å²) in [5.74, 6) is 0.220. The zero-order chi connectivity index (χ0) is 31.8. The van der Waals surface area contributed by atoms with E-state index in [4.69, 9.17) is 4.74 Å². The number of ether oxygens (including phenoxy) is 1. The largest absolute Gasteiger partial charge is 0.445 e. The predicted octanol–water partition coefficient (Wildman–Crippen LogP) is 4.73. The fraction of sp³-hybridized carbons (Fsp3) is 0.389. The van der Waals surface area contributed by atoms with E-state index < -0.39 is 12.1 Å². The van der Waals surface area contributed by atoms with Gasteiger partial charge in [-0.25, -0.2) is 4.79 Å². The second kappa shape index (κ2) is 15.0. The summed E-state index contributed by atoms with van der Waals surface area (Å²) in [4.78, 5) is 52.3. The van der Waals surface area contributed by atoms with Crippen molar-refractivity contribution >= 4 is 23.7 Å². The van der Waals surface area contributed by atoms with E-state index in [0.29, 0.717) is 42.8 Å². The number of benzene rings is 3. The molecule has 0 spiro atoms. The summed E-state index contributed by atoms with van der Waals surface area (Å²) in [6.45, 7) is 6.50. The van der Waals surface area contributed by atoms with Gasteiger partial charge in [-0.05, 0) is 48.9 Å². The molecular formula is C36H42N4O5. The van der Waals surface area contributed by atoms with Crippen LogP contribution in [-0.4, -0.2) is 71.8 Å². The number of Topliss-reactive ketones (excluding diaryl/α,β-unsaturated/α-hetero) is 1. The zero-order valence-corrected chi connectivity index (χ0v) is 26.0. The van der Waals surface area contributed by atoms with Crippen LogP contribution in [0.15, 0.2) is 78.9 Å². The quantitative estimate of drug-likeness (QED) is 0.358. The number of carbonyl (C=O) groups is 4. The molecule has 3 aliphatic rings. The Labute approximate surface area is 264 Å². The summed E-state index contributed by atoms with van der Waals surface area (Å²) in [7, 11) is 0. The lowest BCUT2D eigenvalue weighted by Crippen LogP contribution is -2.51. The summed E-state index contributed by atoms with van der Waals surface area (Å²) in [6.07, 6.45) is 2.02. The van der Waals surface area contributed by atoms with Gasteiger partial charge in [0.1, 0.15) is 6.61 Å². The summed E-state index contributed by atoms with van der Waals surface area (Å²) in [5.41, 5.74) is 5.09. The van der Waals surface area contributed by atoms with Crippen LogP contribution in [-0.2, 0) is 20.9 Å². The highest BCUT2D eigenvalue weighted by atomic mass is 16.5. The first kappa shape index (κ1) is 31.9. The van der Waals surface area contributed by atoms with E-state index in [9.17, 15) is 19.2 Å². The van der Waals surface area contributed by atoms with Gasteiger partial charge in [0.2, 0.25) is 11.8 Å². The van der Waals surface area contributed by atoms with Crippen molar-refractivity contribution in [3.63, 3.8) is 0 Å². The maximum atomic E-state index is 12.9. The van der Waals surface area contributed by atoms with E-state index in [0.717, 1.165) is 30.6 Å². The van der Waals surface area contributed by atoms with Crippen molar-refractivity contribution in [1.82, 2.24) is 20.4 Å². The highest BCUT2D eigenvalue weighted by Crippen LogP contribution is 2.33. The van der Waals surface area contributed by atoms with E-state index >= 15 is 0 Å². The molecule has 3 saturated heterocycles. The van der Waals surface area contributed by atoms with Crippen LogP contribution < -0.4 is 10.6 Å². The fourth-order valence-corrected chi connectivity index (χ4v) is 6.49. The number of carbonyl (C=O) groups excluding carboxylic acids is 4. The van der Waals surface area contributed by atoms with E-state index in [2.05, 4.69) is 46.7 Å². The Morgan fingerprint density at radius 2 is 1.56 bits per heavy atom. The Balaban J connectivity index is 0.000000200.